The molecule has 2 nitrogen and oxygen atoms in total. The quantitative estimate of drug-likeness (QED) is 0.330. The Labute approximate surface area is 211 Å². The molecule has 3 saturated carbocycles. The van der Waals surface area contributed by atoms with E-state index in [-0.39, 0.29) is 6.29 Å². The van der Waals surface area contributed by atoms with Crippen molar-refractivity contribution in [2.24, 2.45) is 46.3 Å². The normalized spacial score (nSPS) is 43.9. The predicted molar refractivity (Wildman–Crippen MR) is 142 cm³/mol. The summed E-state index contributed by atoms with van der Waals surface area (Å²) in [6.45, 7) is 12.1. The van der Waals surface area contributed by atoms with Crippen molar-refractivity contribution in [1.29, 1.82) is 0 Å². The van der Waals surface area contributed by atoms with Gasteiger partial charge in [0.2, 0.25) is 0 Å². The van der Waals surface area contributed by atoms with E-state index in [0.717, 1.165) is 49.2 Å². The van der Waals surface area contributed by atoms with Gasteiger partial charge in [-0.05, 0) is 123 Å². The summed E-state index contributed by atoms with van der Waals surface area (Å²) < 4.78 is 11.8. The highest BCUT2D eigenvalue weighted by molar-refractivity contribution is 5.24. The highest BCUT2D eigenvalue weighted by atomic mass is 16.7. The predicted octanol–water partition coefficient (Wildman–Crippen LogP) is 8.94. The van der Waals surface area contributed by atoms with Gasteiger partial charge in [0.1, 0.15) is 0 Å². The Kier molecular flexibility index (Phi) is 7.87. The molecule has 4 fully saturated rings. The summed E-state index contributed by atoms with van der Waals surface area (Å²) >= 11 is 0. The van der Waals surface area contributed by atoms with Crippen LogP contribution >= 0.6 is 0 Å². The van der Waals surface area contributed by atoms with Crippen LogP contribution in [0, 0.1) is 46.3 Å². The standard InChI is InChI=1S/C32H54O2/c1-23(22-34-30-13-6-8-21-33-30)10-9-11-24(2)27-16-17-28-26-15-14-25-12-5-7-19-31(25,3)29(26)18-20-32(27,28)4/h14,23-24,26-30H,5-13,15-22H2,1-4H3/t23?,24-,26+,27-,28+,29+,30?,31+,32-/m1/s1. The Balaban J connectivity index is 1.12. The molecule has 2 unspecified atom stereocenters. The molecule has 0 aromatic heterocycles. The molecule has 1 aliphatic heterocycles. The van der Waals surface area contributed by atoms with Gasteiger partial charge < -0.3 is 9.47 Å². The summed E-state index contributed by atoms with van der Waals surface area (Å²) in [6.07, 6.45) is 23.6. The van der Waals surface area contributed by atoms with Gasteiger partial charge in [-0.3, -0.25) is 0 Å². The van der Waals surface area contributed by atoms with Gasteiger partial charge in [0.05, 0.1) is 6.61 Å². The molecule has 1 saturated heterocycles. The first-order chi connectivity index (χ1) is 16.4. The van der Waals surface area contributed by atoms with Crippen molar-refractivity contribution in [1.82, 2.24) is 0 Å². The van der Waals surface area contributed by atoms with Gasteiger partial charge in [0, 0.05) is 6.61 Å². The van der Waals surface area contributed by atoms with Gasteiger partial charge in [-0.25, -0.2) is 0 Å². The first-order valence-electron chi connectivity index (χ1n) is 15.3. The zero-order valence-electron chi connectivity index (χ0n) is 23.0. The summed E-state index contributed by atoms with van der Waals surface area (Å²) in [5.41, 5.74) is 3.01. The zero-order chi connectivity index (χ0) is 23.8. The average molecular weight is 471 g/mol. The smallest absolute Gasteiger partial charge is 0.157 e. The first kappa shape index (κ1) is 25.3. The lowest BCUT2D eigenvalue weighted by molar-refractivity contribution is -0.168. The van der Waals surface area contributed by atoms with E-state index in [1.54, 1.807) is 0 Å². The minimum absolute atomic E-state index is 0.0715. The van der Waals surface area contributed by atoms with Crippen molar-refractivity contribution in [3.63, 3.8) is 0 Å². The summed E-state index contributed by atoms with van der Waals surface area (Å²) in [7, 11) is 0. The SMILES string of the molecule is CC(CCC[C@@H](C)[C@H]1CC[C@H]2[C@@H]3CC=C4CCCC[C@]4(C)[C@H]3CC[C@]12C)COC1CCCCO1. The van der Waals surface area contributed by atoms with Crippen LogP contribution in [0.2, 0.25) is 0 Å². The Hall–Kier alpha value is -0.340. The van der Waals surface area contributed by atoms with Crippen molar-refractivity contribution in [3.8, 4) is 0 Å². The van der Waals surface area contributed by atoms with Crippen LogP contribution in [0.1, 0.15) is 124 Å². The van der Waals surface area contributed by atoms with Crippen LogP contribution < -0.4 is 0 Å². The number of allylic oxidation sites excluding steroid dienone is 2. The van der Waals surface area contributed by atoms with Crippen molar-refractivity contribution in [2.75, 3.05) is 13.2 Å². The first-order valence-corrected chi connectivity index (χ1v) is 15.3. The van der Waals surface area contributed by atoms with Crippen LogP contribution in [0.25, 0.3) is 0 Å². The maximum absolute atomic E-state index is 6.06. The molecule has 2 heteroatoms. The van der Waals surface area contributed by atoms with Crippen LogP contribution in [0.15, 0.2) is 11.6 Å². The second-order valence-corrected chi connectivity index (χ2v) is 13.8. The Morgan fingerprint density at radius 1 is 0.971 bits per heavy atom. The minimum atomic E-state index is 0.0715. The summed E-state index contributed by atoms with van der Waals surface area (Å²) in [6, 6.07) is 0. The molecule has 194 valence electrons. The summed E-state index contributed by atoms with van der Waals surface area (Å²) in [5.74, 6) is 5.42. The van der Waals surface area contributed by atoms with Crippen LogP contribution in [0.3, 0.4) is 0 Å². The third kappa shape index (κ3) is 4.81. The lowest BCUT2D eigenvalue weighted by Gasteiger charge is -2.58. The Bertz CT molecular complexity index is 708. The fourth-order valence-electron chi connectivity index (χ4n) is 9.86. The number of ether oxygens (including phenoxy) is 2. The van der Waals surface area contributed by atoms with Crippen molar-refractivity contribution in [2.45, 2.75) is 130 Å². The van der Waals surface area contributed by atoms with Gasteiger partial charge in [0.15, 0.2) is 6.29 Å². The topological polar surface area (TPSA) is 18.5 Å². The van der Waals surface area contributed by atoms with E-state index < -0.39 is 0 Å². The van der Waals surface area contributed by atoms with E-state index in [2.05, 4.69) is 33.8 Å². The molecule has 0 bridgehead atoms. The molecule has 34 heavy (non-hydrogen) atoms. The number of hydrogen-bond acceptors (Lipinski definition) is 2. The zero-order valence-corrected chi connectivity index (χ0v) is 23.0. The lowest BCUT2D eigenvalue weighted by Crippen LogP contribution is -2.50. The molecule has 0 aromatic rings. The second kappa shape index (κ2) is 10.6. The van der Waals surface area contributed by atoms with E-state index >= 15 is 0 Å². The Morgan fingerprint density at radius 3 is 2.68 bits per heavy atom. The van der Waals surface area contributed by atoms with E-state index in [9.17, 15) is 0 Å². The highest BCUT2D eigenvalue weighted by Gasteiger charge is 2.58. The van der Waals surface area contributed by atoms with E-state index in [1.165, 1.54) is 89.9 Å². The maximum Gasteiger partial charge on any atom is 0.157 e. The molecule has 5 aliphatic rings. The fraction of sp³-hybridized carbons (Fsp3) is 0.938. The van der Waals surface area contributed by atoms with Gasteiger partial charge >= 0.3 is 0 Å². The molecule has 0 amide bonds. The molecule has 0 spiro atoms. The monoisotopic (exact) mass is 470 g/mol. The van der Waals surface area contributed by atoms with Crippen LogP contribution in [-0.2, 0) is 9.47 Å². The number of rotatable bonds is 8. The van der Waals surface area contributed by atoms with Gasteiger partial charge in [-0.2, -0.15) is 0 Å². The van der Waals surface area contributed by atoms with Gasteiger partial charge in [-0.15, -0.1) is 0 Å². The number of fused-ring (bicyclic) bond motifs is 5. The van der Waals surface area contributed by atoms with E-state index in [1.807, 2.05) is 5.57 Å². The molecule has 4 aliphatic carbocycles. The van der Waals surface area contributed by atoms with Crippen LogP contribution in [-0.4, -0.2) is 19.5 Å². The molecule has 0 aromatic carbocycles. The average Bonchev–Trinajstić information content (AvgIpc) is 3.20. The van der Waals surface area contributed by atoms with Crippen molar-refractivity contribution >= 4 is 0 Å². The van der Waals surface area contributed by atoms with Crippen LogP contribution in [0.4, 0.5) is 0 Å². The molecule has 9 atom stereocenters. The van der Waals surface area contributed by atoms with Crippen molar-refractivity contribution in [3.05, 3.63) is 11.6 Å². The number of hydrogen-bond donors (Lipinski definition) is 0. The largest absolute Gasteiger partial charge is 0.353 e. The van der Waals surface area contributed by atoms with Crippen molar-refractivity contribution < 1.29 is 9.47 Å². The van der Waals surface area contributed by atoms with Gasteiger partial charge in [-0.1, -0.05) is 58.6 Å². The van der Waals surface area contributed by atoms with Gasteiger partial charge in [0.25, 0.3) is 0 Å². The third-order valence-electron chi connectivity index (χ3n) is 11.8. The molecule has 0 radical (unpaired) electrons. The highest BCUT2D eigenvalue weighted by Crippen LogP contribution is 2.67. The molecular formula is C32H54O2. The van der Waals surface area contributed by atoms with E-state index in [0.29, 0.717) is 16.7 Å². The van der Waals surface area contributed by atoms with Crippen LogP contribution in [0.5, 0.6) is 0 Å². The Morgan fingerprint density at radius 2 is 1.85 bits per heavy atom. The molecule has 1 heterocycles. The summed E-state index contributed by atoms with van der Waals surface area (Å²) in [4.78, 5) is 0. The second-order valence-electron chi connectivity index (χ2n) is 13.8. The summed E-state index contributed by atoms with van der Waals surface area (Å²) in [5, 5.41) is 0. The molecular weight excluding hydrogens is 416 g/mol. The lowest BCUT2D eigenvalue weighted by atomic mass is 9.47. The molecule has 0 N–H and O–H groups in total. The fourth-order valence-corrected chi connectivity index (χ4v) is 9.86. The maximum atomic E-state index is 6.06. The molecule has 5 rings (SSSR count). The van der Waals surface area contributed by atoms with E-state index in [4.69, 9.17) is 9.47 Å². The minimum Gasteiger partial charge on any atom is -0.353 e. The third-order valence-corrected chi connectivity index (χ3v) is 11.8.